The van der Waals surface area contributed by atoms with Gasteiger partial charge in [-0.2, -0.15) is 9.67 Å². The first-order valence-corrected chi connectivity index (χ1v) is 10.3. The van der Waals surface area contributed by atoms with Gasteiger partial charge in [0.2, 0.25) is 11.9 Å². The van der Waals surface area contributed by atoms with Gasteiger partial charge in [0.25, 0.3) is 5.91 Å². The molecule has 1 aromatic carbocycles. The second-order valence-corrected chi connectivity index (χ2v) is 7.16. The van der Waals surface area contributed by atoms with Crippen molar-refractivity contribution in [2.24, 2.45) is 0 Å². The summed E-state index contributed by atoms with van der Waals surface area (Å²) in [5.41, 5.74) is 7.30. The molecular formula is C21H26N8O2. The van der Waals surface area contributed by atoms with Crippen LogP contribution in [0.5, 0.6) is 0 Å². The minimum atomic E-state index is -0.0877. The number of nitrogens with zero attached hydrogens (tertiary/aromatic N) is 5. The molecule has 3 aromatic rings. The molecule has 0 bridgehead atoms. The fraction of sp³-hybridized carbons (Fsp3) is 0.333. The summed E-state index contributed by atoms with van der Waals surface area (Å²) in [7, 11) is 0. The zero-order chi connectivity index (χ0) is 21.5. The van der Waals surface area contributed by atoms with Crippen LogP contribution < -0.4 is 16.4 Å². The molecule has 0 saturated carbocycles. The van der Waals surface area contributed by atoms with E-state index in [1.165, 1.54) is 4.68 Å². The van der Waals surface area contributed by atoms with Crippen molar-refractivity contribution in [1.29, 1.82) is 0 Å². The van der Waals surface area contributed by atoms with E-state index in [0.29, 0.717) is 23.9 Å². The van der Waals surface area contributed by atoms with Gasteiger partial charge in [-0.05, 0) is 49.4 Å². The topological polar surface area (TPSA) is 123 Å². The smallest absolute Gasteiger partial charge is 0.251 e. The Morgan fingerprint density at radius 3 is 2.68 bits per heavy atom. The summed E-state index contributed by atoms with van der Waals surface area (Å²) in [6.45, 7) is 5.11. The van der Waals surface area contributed by atoms with Crippen LogP contribution in [0, 0.1) is 0 Å². The molecule has 0 atom stereocenters. The van der Waals surface area contributed by atoms with Crippen LogP contribution in [0.25, 0.3) is 5.82 Å². The number of anilines is 3. The number of hydrogen-bond donors (Lipinski definition) is 3. The Balaban J connectivity index is 1.27. The van der Waals surface area contributed by atoms with E-state index in [0.717, 1.165) is 45.0 Å². The number of hydrogen-bond acceptors (Lipinski definition) is 8. The molecule has 0 radical (unpaired) electrons. The Labute approximate surface area is 180 Å². The van der Waals surface area contributed by atoms with Gasteiger partial charge >= 0.3 is 0 Å². The van der Waals surface area contributed by atoms with E-state index in [-0.39, 0.29) is 11.9 Å². The molecule has 1 saturated heterocycles. The number of rotatable bonds is 8. The number of aromatic nitrogens is 4. The molecule has 31 heavy (non-hydrogen) atoms. The zero-order valence-corrected chi connectivity index (χ0v) is 17.2. The van der Waals surface area contributed by atoms with Crippen LogP contribution >= 0.6 is 0 Å². The highest BCUT2D eigenvalue weighted by Gasteiger charge is 2.12. The molecule has 3 heterocycles. The van der Waals surface area contributed by atoms with Gasteiger partial charge in [-0.3, -0.25) is 9.69 Å². The van der Waals surface area contributed by atoms with Crippen molar-refractivity contribution in [3.05, 3.63) is 54.2 Å². The molecule has 0 aliphatic carbocycles. The standard InChI is InChI=1S/C21H26N8O2/c22-20-26-21(27-29(20)18-4-1-2-9-23-18)25-17-7-5-16(6-8-17)19(30)24-10-3-11-28-12-14-31-15-13-28/h1-2,4-9H,3,10-15H2,(H,24,30)(H3,22,25,26,27). The molecule has 10 nitrogen and oxygen atoms in total. The lowest BCUT2D eigenvalue weighted by Crippen LogP contribution is -2.38. The van der Waals surface area contributed by atoms with E-state index in [4.69, 9.17) is 10.5 Å². The number of amides is 1. The Bertz CT molecular complexity index is 984. The fourth-order valence-electron chi connectivity index (χ4n) is 3.29. The average Bonchev–Trinajstić information content (AvgIpc) is 3.18. The number of nitrogens with one attached hydrogen (secondary N) is 2. The van der Waals surface area contributed by atoms with E-state index < -0.39 is 0 Å². The van der Waals surface area contributed by atoms with Gasteiger partial charge < -0.3 is 21.1 Å². The van der Waals surface area contributed by atoms with E-state index in [1.54, 1.807) is 36.5 Å². The third-order valence-corrected chi connectivity index (χ3v) is 4.94. The molecule has 0 unspecified atom stereocenters. The van der Waals surface area contributed by atoms with Crippen molar-refractivity contribution in [1.82, 2.24) is 30.0 Å². The van der Waals surface area contributed by atoms with E-state index in [2.05, 4.69) is 30.6 Å². The van der Waals surface area contributed by atoms with Crippen molar-refractivity contribution < 1.29 is 9.53 Å². The number of carbonyl (C=O) groups excluding carboxylic acids is 1. The lowest BCUT2D eigenvalue weighted by atomic mass is 10.2. The number of nitrogens with two attached hydrogens (primary N) is 1. The maximum Gasteiger partial charge on any atom is 0.251 e. The number of ether oxygens (including phenoxy) is 1. The highest BCUT2D eigenvalue weighted by Crippen LogP contribution is 2.17. The molecule has 162 valence electrons. The first-order chi connectivity index (χ1) is 15.2. The molecule has 2 aromatic heterocycles. The number of pyridine rings is 1. The van der Waals surface area contributed by atoms with Crippen LogP contribution in [0.4, 0.5) is 17.6 Å². The lowest BCUT2D eigenvalue weighted by Gasteiger charge is -2.26. The summed E-state index contributed by atoms with van der Waals surface area (Å²) in [6.07, 6.45) is 2.58. The fourth-order valence-corrected chi connectivity index (χ4v) is 3.29. The average molecular weight is 422 g/mol. The third kappa shape index (κ3) is 5.56. The van der Waals surface area contributed by atoms with Gasteiger partial charge in [0.05, 0.1) is 13.2 Å². The van der Waals surface area contributed by atoms with E-state index in [1.807, 2.05) is 12.1 Å². The highest BCUT2D eigenvalue weighted by atomic mass is 16.5. The van der Waals surface area contributed by atoms with Gasteiger partial charge in [-0.1, -0.05) is 6.07 Å². The van der Waals surface area contributed by atoms with Crippen LogP contribution in [-0.4, -0.2) is 69.9 Å². The Morgan fingerprint density at radius 2 is 1.94 bits per heavy atom. The highest BCUT2D eigenvalue weighted by molar-refractivity contribution is 5.94. The zero-order valence-electron chi connectivity index (χ0n) is 17.2. The Kier molecular flexibility index (Phi) is 6.70. The van der Waals surface area contributed by atoms with Gasteiger partial charge in [-0.25, -0.2) is 4.98 Å². The number of morpholine rings is 1. The summed E-state index contributed by atoms with van der Waals surface area (Å²) >= 11 is 0. The molecule has 1 amide bonds. The molecular weight excluding hydrogens is 396 g/mol. The SMILES string of the molecule is Nc1nc(Nc2ccc(C(=O)NCCCN3CCOCC3)cc2)nn1-c1ccccn1. The minimum Gasteiger partial charge on any atom is -0.379 e. The lowest BCUT2D eigenvalue weighted by molar-refractivity contribution is 0.0374. The van der Waals surface area contributed by atoms with Gasteiger partial charge in [0.1, 0.15) is 0 Å². The minimum absolute atomic E-state index is 0.0877. The van der Waals surface area contributed by atoms with Crippen molar-refractivity contribution >= 4 is 23.5 Å². The maximum atomic E-state index is 12.4. The number of carbonyl (C=O) groups is 1. The number of nitrogen functional groups attached to an aromatic ring is 1. The summed E-state index contributed by atoms with van der Waals surface area (Å²) in [5.74, 6) is 1.08. The molecule has 0 spiro atoms. The quantitative estimate of drug-likeness (QED) is 0.466. The van der Waals surface area contributed by atoms with Gasteiger partial charge in [0, 0.05) is 37.1 Å². The molecule has 1 fully saturated rings. The van der Waals surface area contributed by atoms with E-state index >= 15 is 0 Å². The molecule has 10 heteroatoms. The van der Waals surface area contributed by atoms with Crippen LogP contribution in [-0.2, 0) is 4.74 Å². The summed E-state index contributed by atoms with van der Waals surface area (Å²) in [5, 5.41) is 10.4. The third-order valence-electron chi connectivity index (χ3n) is 4.94. The van der Waals surface area contributed by atoms with Crippen LogP contribution in [0.1, 0.15) is 16.8 Å². The van der Waals surface area contributed by atoms with Crippen molar-refractivity contribution in [3.8, 4) is 5.82 Å². The molecule has 4 rings (SSSR count). The Morgan fingerprint density at radius 1 is 1.13 bits per heavy atom. The predicted molar refractivity (Wildman–Crippen MR) is 118 cm³/mol. The van der Waals surface area contributed by atoms with Crippen molar-refractivity contribution in [2.75, 3.05) is 50.4 Å². The largest absolute Gasteiger partial charge is 0.379 e. The monoisotopic (exact) mass is 422 g/mol. The summed E-state index contributed by atoms with van der Waals surface area (Å²) in [6, 6.07) is 12.6. The summed E-state index contributed by atoms with van der Waals surface area (Å²) in [4.78, 5) is 23.1. The van der Waals surface area contributed by atoms with Crippen molar-refractivity contribution in [3.63, 3.8) is 0 Å². The first-order valence-electron chi connectivity index (χ1n) is 10.3. The van der Waals surface area contributed by atoms with Gasteiger partial charge in [0.15, 0.2) is 5.82 Å². The summed E-state index contributed by atoms with van der Waals surface area (Å²) < 4.78 is 6.80. The van der Waals surface area contributed by atoms with E-state index in [9.17, 15) is 4.79 Å². The predicted octanol–water partition coefficient (Wildman–Crippen LogP) is 1.44. The van der Waals surface area contributed by atoms with Crippen molar-refractivity contribution in [2.45, 2.75) is 6.42 Å². The molecule has 1 aliphatic heterocycles. The normalized spacial score (nSPS) is 14.3. The van der Waals surface area contributed by atoms with Crippen LogP contribution in [0.3, 0.4) is 0 Å². The molecule has 1 aliphatic rings. The van der Waals surface area contributed by atoms with Gasteiger partial charge in [-0.15, -0.1) is 5.10 Å². The number of benzene rings is 1. The van der Waals surface area contributed by atoms with Crippen LogP contribution in [0.2, 0.25) is 0 Å². The Hall–Kier alpha value is -3.50. The molecule has 4 N–H and O–H groups in total. The second kappa shape index (κ2) is 10.0. The van der Waals surface area contributed by atoms with Crippen LogP contribution in [0.15, 0.2) is 48.7 Å². The second-order valence-electron chi connectivity index (χ2n) is 7.16. The first kappa shape index (κ1) is 20.8. The maximum absolute atomic E-state index is 12.4.